The van der Waals surface area contributed by atoms with Gasteiger partial charge in [0.05, 0.1) is 11.8 Å². The maximum Gasteiger partial charge on any atom is 0.259 e. The second kappa shape index (κ2) is 4.32. The molecule has 0 spiro atoms. The minimum Gasteiger partial charge on any atom is -0.307 e. The van der Waals surface area contributed by atoms with Gasteiger partial charge in [-0.25, -0.2) is 8.78 Å². The van der Waals surface area contributed by atoms with Gasteiger partial charge in [-0.05, 0) is 25.1 Å². The quantitative estimate of drug-likeness (QED) is 0.841. The summed E-state index contributed by atoms with van der Waals surface area (Å²) in [5, 5.41) is 8.65. The molecule has 1 aromatic carbocycles. The summed E-state index contributed by atoms with van der Waals surface area (Å²) >= 11 is 0. The van der Waals surface area contributed by atoms with Gasteiger partial charge in [-0.3, -0.25) is 9.89 Å². The molecule has 2 rings (SSSR count). The molecule has 6 heteroatoms. The summed E-state index contributed by atoms with van der Waals surface area (Å²) in [7, 11) is 0. The highest BCUT2D eigenvalue weighted by atomic mass is 19.1. The fourth-order valence-electron chi connectivity index (χ4n) is 1.33. The maximum atomic E-state index is 13.3. The molecule has 0 aliphatic heterocycles. The van der Waals surface area contributed by atoms with Crippen molar-refractivity contribution in [3.05, 3.63) is 47.2 Å². The first-order valence-corrected chi connectivity index (χ1v) is 4.84. The maximum absolute atomic E-state index is 13.3. The molecule has 0 bridgehead atoms. The van der Waals surface area contributed by atoms with Crippen LogP contribution in [0.1, 0.15) is 15.9 Å². The molecule has 2 aromatic rings. The van der Waals surface area contributed by atoms with Crippen LogP contribution in [0.5, 0.6) is 0 Å². The molecule has 0 saturated heterocycles. The monoisotopic (exact) mass is 237 g/mol. The van der Waals surface area contributed by atoms with Gasteiger partial charge in [0, 0.05) is 5.56 Å². The number of rotatable bonds is 2. The Morgan fingerprint density at radius 2 is 2.18 bits per heavy atom. The van der Waals surface area contributed by atoms with Crippen LogP contribution in [-0.4, -0.2) is 16.1 Å². The smallest absolute Gasteiger partial charge is 0.259 e. The number of H-pyrrole nitrogens is 1. The third-order valence-corrected chi connectivity index (χ3v) is 2.24. The van der Waals surface area contributed by atoms with Crippen molar-refractivity contribution >= 4 is 11.7 Å². The molecule has 1 amide bonds. The van der Waals surface area contributed by atoms with E-state index in [1.54, 1.807) is 6.92 Å². The molecule has 17 heavy (non-hydrogen) atoms. The molecule has 0 saturated carbocycles. The average Bonchev–Trinajstić information content (AvgIpc) is 2.68. The molecular formula is C11H9F2N3O. The van der Waals surface area contributed by atoms with Crippen LogP contribution in [0.4, 0.5) is 14.6 Å². The fourth-order valence-corrected chi connectivity index (χ4v) is 1.33. The predicted octanol–water partition coefficient (Wildman–Crippen LogP) is 2.25. The van der Waals surface area contributed by atoms with Crippen LogP contribution in [0.25, 0.3) is 0 Å². The minimum absolute atomic E-state index is 0.348. The van der Waals surface area contributed by atoms with Gasteiger partial charge in [0.15, 0.2) is 0 Å². The number of halogens is 2. The number of aromatic nitrogens is 2. The van der Waals surface area contributed by atoms with Gasteiger partial charge >= 0.3 is 0 Å². The minimum atomic E-state index is -0.777. The Balaban J connectivity index is 2.26. The number of carbonyl (C=O) groups is 1. The van der Waals surface area contributed by atoms with Crippen LogP contribution in [0, 0.1) is 18.6 Å². The van der Waals surface area contributed by atoms with Crippen molar-refractivity contribution in [1.82, 2.24) is 10.2 Å². The van der Waals surface area contributed by atoms with Gasteiger partial charge < -0.3 is 5.32 Å². The van der Waals surface area contributed by atoms with E-state index in [1.165, 1.54) is 6.20 Å². The number of hydrogen-bond donors (Lipinski definition) is 2. The molecule has 1 aromatic heterocycles. The van der Waals surface area contributed by atoms with Crippen molar-refractivity contribution in [2.24, 2.45) is 0 Å². The Labute approximate surface area is 95.7 Å². The zero-order valence-corrected chi connectivity index (χ0v) is 8.92. The summed E-state index contributed by atoms with van der Waals surface area (Å²) in [6.45, 7) is 1.72. The van der Waals surface area contributed by atoms with Gasteiger partial charge in [-0.15, -0.1) is 0 Å². The number of benzene rings is 1. The van der Waals surface area contributed by atoms with Crippen molar-refractivity contribution in [2.45, 2.75) is 6.92 Å². The molecule has 0 fully saturated rings. The van der Waals surface area contributed by atoms with E-state index in [-0.39, 0.29) is 5.56 Å². The summed E-state index contributed by atoms with van der Waals surface area (Å²) < 4.78 is 26.2. The lowest BCUT2D eigenvalue weighted by Gasteiger charge is -2.04. The van der Waals surface area contributed by atoms with Gasteiger partial charge in [0.1, 0.15) is 17.5 Å². The van der Waals surface area contributed by atoms with Gasteiger partial charge in [0.25, 0.3) is 5.91 Å². The summed E-state index contributed by atoms with van der Waals surface area (Å²) in [5.41, 5.74) is 0.356. The summed E-state index contributed by atoms with van der Waals surface area (Å²) in [4.78, 5) is 11.7. The lowest BCUT2D eigenvalue weighted by Crippen LogP contribution is -2.15. The highest BCUT2D eigenvalue weighted by molar-refractivity contribution is 6.04. The first kappa shape index (κ1) is 11.3. The van der Waals surface area contributed by atoms with E-state index in [1.807, 2.05) is 0 Å². The molecule has 0 radical (unpaired) electrons. The number of aromatic amines is 1. The molecule has 0 unspecified atom stereocenters. The normalized spacial score (nSPS) is 10.3. The second-order valence-electron chi connectivity index (χ2n) is 3.51. The summed E-state index contributed by atoms with van der Waals surface area (Å²) in [5.74, 6) is -1.81. The van der Waals surface area contributed by atoms with Gasteiger partial charge in [-0.2, -0.15) is 5.10 Å². The summed E-state index contributed by atoms with van der Waals surface area (Å²) in [6, 6.07) is 2.70. The van der Waals surface area contributed by atoms with E-state index in [2.05, 4.69) is 15.5 Å². The number of nitrogens with zero attached hydrogens (tertiary/aromatic N) is 1. The van der Waals surface area contributed by atoms with E-state index >= 15 is 0 Å². The third-order valence-electron chi connectivity index (χ3n) is 2.24. The zero-order valence-electron chi connectivity index (χ0n) is 8.92. The van der Waals surface area contributed by atoms with E-state index in [4.69, 9.17) is 0 Å². The Kier molecular flexibility index (Phi) is 2.86. The number of nitrogens with one attached hydrogen (secondary N) is 2. The largest absolute Gasteiger partial charge is 0.307 e. The van der Waals surface area contributed by atoms with E-state index in [0.29, 0.717) is 11.4 Å². The first-order valence-electron chi connectivity index (χ1n) is 4.84. The Morgan fingerprint density at radius 1 is 1.41 bits per heavy atom. The first-order chi connectivity index (χ1) is 8.08. The lowest BCUT2D eigenvalue weighted by atomic mass is 10.2. The van der Waals surface area contributed by atoms with Crippen molar-refractivity contribution in [3.63, 3.8) is 0 Å². The molecule has 0 aliphatic carbocycles. The average molecular weight is 237 g/mol. The number of hydrogen-bond acceptors (Lipinski definition) is 2. The highest BCUT2D eigenvalue weighted by Crippen LogP contribution is 2.14. The Hall–Kier alpha value is -2.24. The molecule has 88 valence electrons. The van der Waals surface area contributed by atoms with Gasteiger partial charge in [-0.1, -0.05) is 0 Å². The zero-order chi connectivity index (χ0) is 12.4. The van der Waals surface area contributed by atoms with Crippen LogP contribution in [-0.2, 0) is 0 Å². The van der Waals surface area contributed by atoms with E-state index < -0.39 is 17.5 Å². The second-order valence-corrected chi connectivity index (χ2v) is 3.51. The topological polar surface area (TPSA) is 57.8 Å². The van der Waals surface area contributed by atoms with Crippen LogP contribution >= 0.6 is 0 Å². The standard InChI is InChI=1S/C11H9F2N3O/c1-6-5-14-16-10(6)15-11(17)8-4-7(12)2-3-9(8)13/h2-5H,1H3,(H2,14,15,16,17). The van der Waals surface area contributed by atoms with Crippen LogP contribution in [0.3, 0.4) is 0 Å². The third kappa shape index (κ3) is 2.30. The number of aryl methyl sites for hydroxylation is 1. The van der Waals surface area contributed by atoms with Crippen molar-refractivity contribution in [2.75, 3.05) is 5.32 Å². The number of anilines is 1. The molecule has 0 atom stereocenters. The highest BCUT2D eigenvalue weighted by Gasteiger charge is 2.14. The van der Waals surface area contributed by atoms with E-state index in [9.17, 15) is 13.6 Å². The summed E-state index contributed by atoms with van der Waals surface area (Å²) in [6.07, 6.45) is 1.51. The predicted molar refractivity (Wildman–Crippen MR) is 57.6 cm³/mol. The van der Waals surface area contributed by atoms with E-state index in [0.717, 1.165) is 18.2 Å². The number of carbonyl (C=O) groups excluding carboxylic acids is 1. The molecule has 4 nitrogen and oxygen atoms in total. The van der Waals surface area contributed by atoms with Crippen LogP contribution in [0.15, 0.2) is 24.4 Å². The molecule has 1 heterocycles. The Morgan fingerprint density at radius 3 is 2.82 bits per heavy atom. The van der Waals surface area contributed by atoms with Crippen molar-refractivity contribution < 1.29 is 13.6 Å². The van der Waals surface area contributed by atoms with Crippen molar-refractivity contribution in [1.29, 1.82) is 0 Å². The number of amides is 1. The SMILES string of the molecule is Cc1cn[nH]c1NC(=O)c1cc(F)ccc1F. The Bertz CT molecular complexity index is 566. The lowest BCUT2D eigenvalue weighted by molar-refractivity contribution is 0.102. The fraction of sp³-hybridized carbons (Fsp3) is 0.0909. The molecule has 0 aliphatic rings. The van der Waals surface area contributed by atoms with Crippen LogP contribution < -0.4 is 5.32 Å². The van der Waals surface area contributed by atoms with Crippen LogP contribution in [0.2, 0.25) is 0 Å². The van der Waals surface area contributed by atoms with Crippen molar-refractivity contribution in [3.8, 4) is 0 Å². The molecule has 2 N–H and O–H groups in total. The molecular weight excluding hydrogens is 228 g/mol. The van der Waals surface area contributed by atoms with Gasteiger partial charge in [0.2, 0.25) is 0 Å².